The van der Waals surface area contributed by atoms with Crippen LogP contribution in [0, 0.1) is 25.5 Å². The van der Waals surface area contributed by atoms with Crippen LogP contribution in [0.4, 0.5) is 26.0 Å². The third kappa shape index (κ3) is 3.66. The Hall–Kier alpha value is -3.35. The molecular weight excluding hydrogens is 338 g/mol. The molecule has 0 bridgehead atoms. The molecule has 26 heavy (non-hydrogen) atoms. The van der Waals surface area contributed by atoms with Crippen molar-refractivity contribution in [1.82, 2.24) is 9.97 Å². The lowest BCUT2D eigenvalue weighted by Gasteiger charge is -2.12. The maximum Gasteiger partial charge on any atom is 0.276 e. The van der Waals surface area contributed by atoms with E-state index < -0.39 is 23.2 Å². The number of carbonyl (C=O) groups is 1. The van der Waals surface area contributed by atoms with Crippen LogP contribution in [0.3, 0.4) is 0 Å². The van der Waals surface area contributed by atoms with E-state index in [9.17, 15) is 13.6 Å². The molecule has 1 aromatic heterocycles. The molecule has 7 heteroatoms. The number of amides is 1. The van der Waals surface area contributed by atoms with E-state index in [0.29, 0.717) is 5.82 Å². The second-order valence-electron chi connectivity index (χ2n) is 5.73. The molecule has 0 aliphatic rings. The van der Waals surface area contributed by atoms with Crippen molar-refractivity contribution in [2.24, 2.45) is 0 Å². The highest BCUT2D eigenvalue weighted by molar-refractivity contribution is 6.02. The number of carbonyl (C=O) groups excluding carboxylic acids is 1. The number of hydrogen-bond donors (Lipinski definition) is 2. The number of anilines is 3. The maximum absolute atomic E-state index is 13.6. The van der Waals surface area contributed by atoms with Gasteiger partial charge >= 0.3 is 0 Å². The van der Waals surface area contributed by atoms with Crippen molar-refractivity contribution in [2.45, 2.75) is 13.8 Å². The van der Waals surface area contributed by atoms with E-state index in [1.807, 2.05) is 32.0 Å². The number of hydrogen-bond acceptors (Lipinski definition) is 4. The second-order valence-corrected chi connectivity index (χ2v) is 5.73. The summed E-state index contributed by atoms with van der Waals surface area (Å²) in [6, 6.07) is 9.22. The van der Waals surface area contributed by atoms with Gasteiger partial charge in [0, 0.05) is 5.69 Å². The van der Waals surface area contributed by atoms with Gasteiger partial charge in [-0.3, -0.25) is 4.79 Å². The minimum absolute atomic E-state index is 0.0558. The van der Waals surface area contributed by atoms with E-state index in [2.05, 4.69) is 20.6 Å². The van der Waals surface area contributed by atoms with Gasteiger partial charge in [0.15, 0.2) is 0 Å². The Morgan fingerprint density at radius 2 is 1.50 bits per heavy atom. The zero-order valence-corrected chi connectivity index (χ0v) is 14.2. The fraction of sp³-hybridized carbons (Fsp3) is 0.105. The summed E-state index contributed by atoms with van der Waals surface area (Å²) in [6.45, 7) is 3.93. The minimum atomic E-state index is -0.861. The van der Waals surface area contributed by atoms with Crippen LogP contribution in [-0.2, 0) is 0 Å². The predicted molar refractivity (Wildman–Crippen MR) is 95.5 cm³/mol. The summed E-state index contributed by atoms with van der Waals surface area (Å²) in [5, 5.41) is 5.32. The van der Waals surface area contributed by atoms with Gasteiger partial charge in [0.2, 0.25) is 0 Å². The largest absolute Gasteiger partial charge is 0.339 e. The summed E-state index contributed by atoms with van der Waals surface area (Å²) in [5.74, 6) is -2.02. The number of aryl methyl sites for hydroxylation is 2. The van der Waals surface area contributed by atoms with E-state index in [4.69, 9.17) is 0 Å². The lowest BCUT2D eigenvalue weighted by Crippen LogP contribution is -2.16. The molecule has 0 spiro atoms. The highest BCUT2D eigenvalue weighted by atomic mass is 19.1. The Morgan fingerprint density at radius 1 is 0.885 bits per heavy atom. The van der Waals surface area contributed by atoms with E-state index in [1.54, 1.807) is 0 Å². The molecule has 0 aliphatic carbocycles. The Morgan fingerprint density at radius 3 is 2.08 bits per heavy atom. The zero-order valence-electron chi connectivity index (χ0n) is 14.2. The molecular formula is C19H16F2N4O. The molecule has 0 saturated heterocycles. The van der Waals surface area contributed by atoms with Gasteiger partial charge in [0.25, 0.3) is 5.91 Å². The van der Waals surface area contributed by atoms with Gasteiger partial charge < -0.3 is 10.6 Å². The van der Waals surface area contributed by atoms with Crippen LogP contribution >= 0.6 is 0 Å². The molecule has 3 rings (SSSR count). The molecule has 3 aromatic rings. The van der Waals surface area contributed by atoms with Crippen molar-refractivity contribution >= 4 is 23.1 Å². The number of aromatic nitrogens is 2. The van der Waals surface area contributed by atoms with Crippen molar-refractivity contribution in [3.05, 3.63) is 77.2 Å². The molecule has 1 amide bonds. The molecule has 0 unspecified atom stereocenters. The predicted octanol–water partition coefficient (Wildman–Crippen LogP) is 4.37. The molecule has 0 radical (unpaired) electrons. The summed E-state index contributed by atoms with van der Waals surface area (Å²) in [6.07, 6.45) is 2.63. The Balaban J connectivity index is 1.76. The van der Waals surface area contributed by atoms with E-state index in [1.165, 1.54) is 18.5 Å². The Bertz CT molecular complexity index is 918. The van der Waals surface area contributed by atoms with Crippen LogP contribution in [0.25, 0.3) is 0 Å². The van der Waals surface area contributed by atoms with Crippen molar-refractivity contribution in [1.29, 1.82) is 0 Å². The summed E-state index contributed by atoms with van der Waals surface area (Å²) >= 11 is 0. The number of nitrogens with zero attached hydrogens (tertiary/aromatic N) is 2. The highest BCUT2D eigenvalue weighted by Crippen LogP contribution is 2.23. The first kappa shape index (κ1) is 17.5. The molecule has 5 nitrogen and oxygen atoms in total. The van der Waals surface area contributed by atoms with Gasteiger partial charge in [-0.2, -0.15) is 0 Å². The van der Waals surface area contributed by atoms with Crippen LogP contribution in [0.15, 0.2) is 48.8 Å². The molecule has 2 N–H and O–H groups in total. The fourth-order valence-electron chi connectivity index (χ4n) is 2.44. The molecule has 2 aromatic carbocycles. The topological polar surface area (TPSA) is 66.9 Å². The third-order valence-corrected chi connectivity index (χ3v) is 3.82. The van der Waals surface area contributed by atoms with Crippen LogP contribution < -0.4 is 10.6 Å². The molecule has 1 heterocycles. The molecule has 0 saturated carbocycles. The second kappa shape index (κ2) is 7.26. The van der Waals surface area contributed by atoms with Gasteiger partial charge in [-0.05, 0) is 37.1 Å². The van der Waals surface area contributed by atoms with Crippen LogP contribution in [0.2, 0.25) is 0 Å². The first-order chi connectivity index (χ1) is 12.5. The number of halogens is 2. The van der Waals surface area contributed by atoms with Gasteiger partial charge in [-0.15, -0.1) is 0 Å². The van der Waals surface area contributed by atoms with Crippen LogP contribution in [-0.4, -0.2) is 15.9 Å². The molecule has 0 fully saturated rings. The summed E-state index contributed by atoms with van der Waals surface area (Å²) in [7, 11) is 0. The standard InChI is InChI=1S/C19H16F2N4O/c1-11-5-3-6-12(2)17(11)24-16-10-22-15(9-23-16)19(26)25-18-13(20)7-4-8-14(18)21/h3-10H,1-2H3,(H,23,24)(H,25,26). The Kier molecular flexibility index (Phi) is 4.88. The zero-order chi connectivity index (χ0) is 18.7. The fourth-order valence-corrected chi connectivity index (χ4v) is 2.44. The van der Waals surface area contributed by atoms with Gasteiger partial charge in [0.05, 0.1) is 12.4 Å². The lowest BCUT2D eigenvalue weighted by molar-refractivity contribution is 0.102. The number of benzene rings is 2. The van der Waals surface area contributed by atoms with Crippen molar-refractivity contribution < 1.29 is 13.6 Å². The Labute approximate surface area is 149 Å². The molecule has 0 aliphatic heterocycles. The van der Waals surface area contributed by atoms with Gasteiger partial charge in [0.1, 0.15) is 28.8 Å². The maximum atomic E-state index is 13.6. The highest BCUT2D eigenvalue weighted by Gasteiger charge is 2.15. The van der Waals surface area contributed by atoms with Crippen LogP contribution in [0.5, 0.6) is 0 Å². The van der Waals surface area contributed by atoms with Crippen molar-refractivity contribution in [3.63, 3.8) is 0 Å². The number of rotatable bonds is 4. The van der Waals surface area contributed by atoms with Gasteiger partial charge in [-0.25, -0.2) is 18.7 Å². The monoisotopic (exact) mass is 354 g/mol. The van der Waals surface area contributed by atoms with Crippen molar-refractivity contribution in [2.75, 3.05) is 10.6 Å². The normalized spacial score (nSPS) is 10.5. The number of para-hydroxylation sites is 2. The average Bonchev–Trinajstić information content (AvgIpc) is 2.62. The summed E-state index contributed by atoms with van der Waals surface area (Å²) in [4.78, 5) is 20.3. The average molecular weight is 354 g/mol. The molecule has 132 valence electrons. The van der Waals surface area contributed by atoms with E-state index in [-0.39, 0.29) is 5.69 Å². The quantitative estimate of drug-likeness (QED) is 0.730. The smallest absolute Gasteiger partial charge is 0.276 e. The van der Waals surface area contributed by atoms with Crippen LogP contribution in [0.1, 0.15) is 21.6 Å². The van der Waals surface area contributed by atoms with E-state index in [0.717, 1.165) is 28.9 Å². The van der Waals surface area contributed by atoms with E-state index >= 15 is 0 Å². The van der Waals surface area contributed by atoms with Gasteiger partial charge in [-0.1, -0.05) is 24.3 Å². The molecule has 0 atom stereocenters. The first-order valence-electron chi connectivity index (χ1n) is 7.86. The number of nitrogens with one attached hydrogen (secondary N) is 2. The summed E-state index contributed by atoms with van der Waals surface area (Å²) in [5.41, 5.74) is 2.43. The third-order valence-electron chi connectivity index (χ3n) is 3.82. The SMILES string of the molecule is Cc1cccc(C)c1Nc1cnc(C(=O)Nc2c(F)cccc2F)cn1. The van der Waals surface area contributed by atoms with Crippen molar-refractivity contribution in [3.8, 4) is 0 Å². The lowest BCUT2D eigenvalue weighted by atomic mass is 10.1. The first-order valence-corrected chi connectivity index (χ1v) is 7.86. The summed E-state index contributed by atoms with van der Waals surface area (Å²) < 4.78 is 27.2. The minimum Gasteiger partial charge on any atom is -0.339 e.